The van der Waals surface area contributed by atoms with Crippen LogP contribution in [0.15, 0.2) is 48.5 Å². The van der Waals surface area contributed by atoms with Crippen LogP contribution in [0.5, 0.6) is 5.75 Å². The van der Waals surface area contributed by atoms with Crippen LogP contribution in [0, 0.1) is 0 Å². The lowest BCUT2D eigenvalue weighted by Crippen LogP contribution is -2.54. The summed E-state index contributed by atoms with van der Waals surface area (Å²) in [6.07, 6.45) is 0.206. The maximum Gasteiger partial charge on any atom is 0.262 e. The van der Waals surface area contributed by atoms with E-state index in [9.17, 15) is 24.0 Å². The Morgan fingerprint density at radius 2 is 1.68 bits per heavy atom. The van der Waals surface area contributed by atoms with Crippen molar-refractivity contribution in [3.05, 3.63) is 59.7 Å². The van der Waals surface area contributed by atoms with Gasteiger partial charge in [-0.1, -0.05) is 18.2 Å². The van der Waals surface area contributed by atoms with Crippen molar-refractivity contribution in [3.63, 3.8) is 0 Å². The highest BCUT2D eigenvalue weighted by atomic mass is 16.5. The Morgan fingerprint density at radius 1 is 0.947 bits per heavy atom. The number of anilines is 1. The number of fused-ring (bicyclic) bond motifs is 1. The molecule has 0 bridgehead atoms. The fraction of sp³-hybridized carbons (Fsp3) is 0.370. The predicted molar refractivity (Wildman–Crippen MR) is 137 cm³/mol. The molecule has 5 amide bonds. The van der Waals surface area contributed by atoms with Crippen molar-refractivity contribution in [2.24, 2.45) is 0 Å². The molecule has 0 aliphatic carbocycles. The summed E-state index contributed by atoms with van der Waals surface area (Å²) in [6, 6.07) is 13.6. The zero-order chi connectivity index (χ0) is 26.6. The van der Waals surface area contributed by atoms with Gasteiger partial charge >= 0.3 is 0 Å². The first-order valence-electron chi connectivity index (χ1n) is 12.7. The number of hydrogen-bond acceptors (Lipinski definition) is 8. The van der Waals surface area contributed by atoms with Crippen LogP contribution in [0.3, 0.4) is 0 Å². The summed E-state index contributed by atoms with van der Waals surface area (Å²) in [6.45, 7) is 3.75. The SMILES string of the molecule is O=C(CN1CCN(c2ccc3c(c2)C(=O)N(C2CCC(=O)NC2=O)C3=O)CC1)NCCOc1ccccc1. The minimum Gasteiger partial charge on any atom is -0.492 e. The molecule has 2 aromatic carbocycles. The first kappa shape index (κ1) is 25.4. The van der Waals surface area contributed by atoms with E-state index in [0.717, 1.165) is 16.3 Å². The number of rotatable bonds is 8. The van der Waals surface area contributed by atoms with Gasteiger partial charge in [0.05, 0.1) is 24.2 Å². The number of nitrogens with one attached hydrogen (secondary N) is 2. The second-order valence-electron chi connectivity index (χ2n) is 9.45. The summed E-state index contributed by atoms with van der Waals surface area (Å²) in [5.74, 6) is -1.37. The fourth-order valence-electron chi connectivity index (χ4n) is 4.95. The summed E-state index contributed by atoms with van der Waals surface area (Å²) in [7, 11) is 0. The maximum absolute atomic E-state index is 13.1. The first-order chi connectivity index (χ1) is 18.4. The Labute approximate surface area is 219 Å². The van der Waals surface area contributed by atoms with Crippen molar-refractivity contribution < 1.29 is 28.7 Å². The molecular weight excluding hydrogens is 490 g/mol. The number of ether oxygens (including phenoxy) is 1. The number of piperazine rings is 1. The van der Waals surface area contributed by atoms with E-state index in [1.807, 2.05) is 30.3 Å². The molecule has 3 aliphatic heterocycles. The van der Waals surface area contributed by atoms with Gasteiger partial charge in [-0.25, -0.2) is 0 Å². The summed E-state index contributed by atoms with van der Waals surface area (Å²) >= 11 is 0. The molecule has 38 heavy (non-hydrogen) atoms. The molecule has 11 heteroatoms. The van der Waals surface area contributed by atoms with Gasteiger partial charge < -0.3 is 15.0 Å². The van der Waals surface area contributed by atoms with Crippen LogP contribution in [-0.4, -0.2) is 91.3 Å². The van der Waals surface area contributed by atoms with E-state index in [0.29, 0.717) is 39.3 Å². The summed E-state index contributed by atoms with van der Waals surface area (Å²) in [5.41, 5.74) is 1.32. The van der Waals surface area contributed by atoms with Crippen LogP contribution in [-0.2, 0) is 14.4 Å². The lowest BCUT2D eigenvalue weighted by atomic mass is 10.0. The Morgan fingerprint density at radius 3 is 2.42 bits per heavy atom. The average Bonchev–Trinajstić information content (AvgIpc) is 3.17. The third-order valence-electron chi connectivity index (χ3n) is 6.96. The van der Waals surface area contributed by atoms with E-state index in [-0.39, 0.29) is 36.4 Å². The largest absolute Gasteiger partial charge is 0.492 e. The minimum absolute atomic E-state index is 0.0645. The molecule has 2 N–H and O–H groups in total. The number of nitrogens with zero attached hydrogens (tertiary/aromatic N) is 3. The van der Waals surface area contributed by atoms with Crippen molar-refractivity contribution in [2.45, 2.75) is 18.9 Å². The molecule has 5 rings (SSSR count). The third-order valence-corrected chi connectivity index (χ3v) is 6.96. The van der Waals surface area contributed by atoms with E-state index < -0.39 is 29.7 Å². The highest BCUT2D eigenvalue weighted by molar-refractivity contribution is 6.23. The van der Waals surface area contributed by atoms with Gasteiger partial charge in [0, 0.05) is 38.3 Å². The van der Waals surface area contributed by atoms with Crippen LogP contribution in [0.4, 0.5) is 5.69 Å². The standard InChI is InChI=1S/C27H29N5O6/c33-23-9-8-22(25(35)29-23)32-26(36)20-7-6-18(16-21(20)27(32)37)31-13-11-30(12-14-31)17-24(34)28-10-15-38-19-4-2-1-3-5-19/h1-7,16,22H,8-15,17H2,(H,28,34)(H,29,33,35). The summed E-state index contributed by atoms with van der Waals surface area (Å²) < 4.78 is 5.59. The number of benzene rings is 2. The van der Waals surface area contributed by atoms with E-state index in [4.69, 9.17) is 4.74 Å². The average molecular weight is 520 g/mol. The number of carbonyl (C=O) groups excluding carboxylic acids is 5. The van der Waals surface area contributed by atoms with Gasteiger partial charge in [0.1, 0.15) is 18.4 Å². The summed E-state index contributed by atoms with van der Waals surface area (Å²) in [4.78, 5) is 67.2. The van der Waals surface area contributed by atoms with Gasteiger partial charge in [0.25, 0.3) is 11.8 Å². The Hall–Kier alpha value is -4.25. The van der Waals surface area contributed by atoms with Crippen molar-refractivity contribution in [1.82, 2.24) is 20.4 Å². The molecule has 3 heterocycles. The van der Waals surface area contributed by atoms with Gasteiger partial charge in [-0.05, 0) is 36.8 Å². The van der Waals surface area contributed by atoms with Crippen LogP contribution >= 0.6 is 0 Å². The number of carbonyl (C=O) groups is 5. The first-order valence-corrected chi connectivity index (χ1v) is 12.7. The molecule has 198 valence electrons. The molecule has 0 spiro atoms. The Bertz CT molecular complexity index is 1260. The molecule has 0 radical (unpaired) electrons. The van der Waals surface area contributed by atoms with Gasteiger partial charge in [-0.3, -0.25) is 39.1 Å². The maximum atomic E-state index is 13.1. The van der Waals surface area contributed by atoms with Gasteiger partial charge in [0.15, 0.2) is 0 Å². The smallest absolute Gasteiger partial charge is 0.262 e. The molecule has 2 fully saturated rings. The molecule has 0 saturated carbocycles. The van der Waals surface area contributed by atoms with Crippen LogP contribution < -0.4 is 20.3 Å². The van der Waals surface area contributed by atoms with Crippen molar-refractivity contribution in [2.75, 3.05) is 50.8 Å². The lowest BCUT2D eigenvalue weighted by Gasteiger charge is -2.35. The molecule has 0 aromatic heterocycles. The van der Waals surface area contributed by atoms with Crippen LogP contribution in [0.25, 0.3) is 0 Å². The highest BCUT2D eigenvalue weighted by Crippen LogP contribution is 2.31. The zero-order valence-corrected chi connectivity index (χ0v) is 20.9. The fourth-order valence-corrected chi connectivity index (χ4v) is 4.95. The van der Waals surface area contributed by atoms with Crippen molar-refractivity contribution in [1.29, 1.82) is 0 Å². The minimum atomic E-state index is -0.983. The van der Waals surface area contributed by atoms with E-state index in [1.165, 1.54) is 0 Å². The molecule has 3 aliphatic rings. The summed E-state index contributed by atoms with van der Waals surface area (Å²) in [5, 5.41) is 5.08. The highest BCUT2D eigenvalue weighted by Gasteiger charge is 2.44. The number of para-hydroxylation sites is 1. The molecule has 11 nitrogen and oxygen atoms in total. The molecule has 1 atom stereocenters. The second-order valence-corrected chi connectivity index (χ2v) is 9.45. The predicted octanol–water partition coefficient (Wildman–Crippen LogP) is 0.405. The number of hydrogen-bond donors (Lipinski definition) is 2. The van der Waals surface area contributed by atoms with Crippen LogP contribution in [0.1, 0.15) is 33.6 Å². The van der Waals surface area contributed by atoms with Gasteiger partial charge in [0.2, 0.25) is 17.7 Å². The third kappa shape index (κ3) is 5.37. The molecular formula is C27H29N5O6. The Balaban J connectivity index is 1.11. The van der Waals surface area contributed by atoms with Crippen molar-refractivity contribution in [3.8, 4) is 5.75 Å². The molecule has 2 saturated heterocycles. The number of amides is 5. The quantitative estimate of drug-likeness (QED) is 0.379. The zero-order valence-electron chi connectivity index (χ0n) is 20.9. The monoisotopic (exact) mass is 519 g/mol. The molecule has 1 unspecified atom stereocenters. The van der Waals surface area contributed by atoms with Crippen LogP contribution in [0.2, 0.25) is 0 Å². The van der Waals surface area contributed by atoms with E-state index >= 15 is 0 Å². The van der Waals surface area contributed by atoms with E-state index in [1.54, 1.807) is 18.2 Å². The normalized spacial score (nSPS) is 19.8. The lowest BCUT2D eigenvalue weighted by molar-refractivity contribution is -0.136. The van der Waals surface area contributed by atoms with Crippen molar-refractivity contribution >= 4 is 35.2 Å². The number of imide groups is 2. The Kier molecular flexibility index (Phi) is 7.36. The topological polar surface area (TPSA) is 128 Å². The number of piperidine rings is 1. The molecule has 2 aromatic rings. The van der Waals surface area contributed by atoms with E-state index in [2.05, 4.69) is 20.4 Å². The van der Waals surface area contributed by atoms with Gasteiger partial charge in [-0.2, -0.15) is 0 Å². The van der Waals surface area contributed by atoms with Gasteiger partial charge in [-0.15, -0.1) is 0 Å². The second kappa shape index (κ2) is 11.0.